The number of fused-ring (bicyclic) bond motifs is 4. The summed E-state index contributed by atoms with van der Waals surface area (Å²) in [5.41, 5.74) is 3.70. The molecule has 0 aliphatic carbocycles. The molecular formula is C21H19N5O4. The van der Waals surface area contributed by atoms with E-state index >= 15 is 0 Å². The van der Waals surface area contributed by atoms with Crippen molar-refractivity contribution in [3.63, 3.8) is 0 Å². The van der Waals surface area contributed by atoms with Crippen LogP contribution in [-0.2, 0) is 22.6 Å². The minimum absolute atomic E-state index is 0.130. The third-order valence-electron chi connectivity index (χ3n) is 5.63. The van der Waals surface area contributed by atoms with Crippen LogP contribution in [-0.4, -0.2) is 50.7 Å². The van der Waals surface area contributed by atoms with Gasteiger partial charge in [0.2, 0.25) is 5.91 Å². The van der Waals surface area contributed by atoms with Gasteiger partial charge in [0, 0.05) is 40.7 Å². The Balaban J connectivity index is 1.42. The van der Waals surface area contributed by atoms with Crippen LogP contribution in [0.1, 0.15) is 16.8 Å². The molecule has 1 saturated heterocycles. The average molecular weight is 405 g/mol. The van der Waals surface area contributed by atoms with Gasteiger partial charge in [0.05, 0.1) is 12.8 Å². The molecule has 2 amide bonds. The zero-order valence-electron chi connectivity index (χ0n) is 15.9. The van der Waals surface area contributed by atoms with Crippen LogP contribution < -0.4 is 5.23 Å². The lowest BCUT2D eigenvalue weighted by Crippen LogP contribution is -2.99. The van der Waals surface area contributed by atoms with Crippen LogP contribution >= 0.6 is 0 Å². The number of hydrogen-bond donors (Lipinski definition) is 3. The van der Waals surface area contributed by atoms with Gasteiger partial charge in [0.25, 0.3) is 5.91 Å². The number of amides is 2. The van der Waals surface area contributed by atoms with Crippen LogP contribution in [0, 0.1) is 5.21 Å². The van der Waals surface area contributed by atoms with Crippen molar-refractivity contribution in [1.82, 2.24) is 14.9 Å². The number of benzene rings is 2. The zero-order valence-corrected chi connectivity index (χ0v) is 15.9. The Bertz CT molecular complexity index is 1190. The second kappa shape index (κ2) is 7.06. The Labute approximate surface area is 171 Å². The van der Waals surface area contributed by atoms with E-state index in [0.717, 1.165) is 22.2 Å². The molecule has 2 aliphatic heterocycles. The van der Waals surface area contributed by atoms with Crippen molar-refractivity contribution in [2.75, 3.05) is 6.54 Å². The predicted octanol–water partition coefficient (Wildman–Crippen LogP) is 0.701. The molecule has 2 aliphatic rings. The second-order valence-electron chi connectivity index (χ2n) is 7.44. The van der Waals surface area contributed by atoms with Crippen molar-refractivity contribution in [2.24, 2.45) is 5.10 Å². The van der Waals surface area contributed by atoms with Crippen molar-refractivity contribution in [1.29, 1.82) is 0 Å². The molecular weight excluding hydrogens is 386 g/mol. The van der Waals surface area contributed by atoms with Gasteiger partial charge < -0.3 is 15.1 Å². The molecule has 2 atom stereocenters. The lowest BCUT2D eigenvalue weighted by molar-refractivity contribution is -0.991. The molecule has 5 rings (SSSR count). The summed E-state index contributed by atoms with van der Waals surface area (Å²) in [6.45, 7) is 0.234. The van der Waals surface area contributed by atoms with Gasteiger partial charge in [-0.15, -0.1) is 0 Å². The van der Waals surface area contributed by atoms with Gasteiger partial charge in [-0.3, -0.25) is 9.59 Å². The van der Waals surface area contributed by atoms with Crippen molar-refractivity contribution < 1.29 is 20.0 Å². The summed E-state index contributed by atoms with van der Waals surface area (Å²) < 4.78 is 0. The first kappa shape index (κ1) is 18.5. The topological polar surface area (TPSA) is 117 Å². The average Bonchev–Trinajstić information content (AvgIpc) is 3.12. The van der Waals surface area contributed by atoms with Gasteiger partial charge in [-0.1, -0.05) is 30.3 Å². The summed E-state index contributed by atoms with van der Waals surface area (Å²) in [6, 6.07) is 13.6. The number of hydrogen-bond acceptors (Lipinski definition) is 5. The van der Waals surface area contributed by atoms with Gasteiger partial charge >= 0.3 is 0 Å². The number of rotatable bonds is 3. The van der Waals surface area contributed by atoms with Crippen LogP contribution in [0.3, 0.4) is 0 Å². The maximum Gasteiger partial charge on any atom is 0.266 e. The lowest BCUT2D eigenvalue weighted by Gasteiger charge is -2.40. The number of quaternary nitrogens is 1. The monoisotopic (exact) mass is 405 g/mol. The molecule has 0 saturated carbocycles. The van der Waals surface area contributed by atoms with Gasteiger partial charge in [-0.05, 0) is 11.6 Å². The van der Waals surface area contributed by atoms with E-state index in [1.165, 1.54) is 23.4 Å². The summed E-state index contributed by atoms with van der Waals surface area (Å²) in [5.74, 6) is -0.406. The maximum absolute atomic E-state index is 13.1. The first-order chi connectivity index (χ1) is 14.5. The van der Waals surface area contributed by atoms with E-state index in [1.807, 2.05) is 24.3 Å². The van der Waals surface area contributed by atoms with E-state index in [2.05, 4.69) is 10.1 Å². The first-order valence-corrected chi connectivity index (χ1v) is 9.58. The third kappa shape index (κ3) is 3.05. The number of nitrogens with zero attached hydrogens (tertiary/aromatic N) is 3. The number of H-pyrrole nitrogens is 1. The number of piperazine rings is 1. The molecule has 3 heterocycles. The SMILES string of the molecule is O=C1[C@H]2Cc3c([nH]c4ccccc34)CN2C(=O)CN1/N=C/c1cccc([NH+]([O-])O)c1. The first-order valence-electron chi connectivity index (χ1n) is 9.58. The molecule has 2 aromatic carbocycles. The molecule has 0 spiro atoms. The summed E-state index contributed by atoms with van der Waals surface area (Å²) >= 11 is 0. The summed E-state index contributed by atoms with van der Waals surface area (Å²) in [4.78, 5) is 30.8. The Morgan fingerprint density at radius 1 is 1.17 bits per heavy atom. The minimum Gasteiger partial charge on any atom is -0.595 e. The van der Waals surface area contributed by atoms with Crippen molar-refractivity contribution >= 4 is 34.6 Å². The number of aromatic nitrogens is 1. The zero-order chi connectivity index (χ0) is 20.8. The minimum atomic E-state index is -1.04. The van der Waals surface area contributed by atoms with Crippen molar-refractivity contribution in [2.45, 2.75) is 19.0 Å². The molecule has 30 heavy (non-hydrogen) atoms. The Morgan fingerprint density at radius 3 is 2.83 bits per heavy atom. The quantitative estimate of drug-likeness (QED) is 0.439. The fraction of sp³-hybridized carbons (Fsp3) is 0.190. The number of carbonyl (C=O) groups is 2. The third-order valence-corrected chi connectivity index (χ3v) is 5.63. The Morgan fingerprint density at radius 2 is 2.00 bits per heavy atom. The fourth-order valence-electron chi connectivity index (χ4n) is 4.15. The predicted molar refractivity (Wildman–Crippen MR) is 108 cm³/mol. The van der Waals surface area contributed by atoms with E-state index in [1.54, 1.807) is 17.0 Å². The number of nitrogens with one attached hydrogen (secondary N) is 2. The molecule has 9 heteroatoms. The largest absolute Gasteiger partial charge is 0.595 e. The summed E-state index contributed by atoms with van der Waals surface area (Å²) in [5, 5.41) is 25.6. The molecule has 0 bridgehead atoms. The van der Waals surface area contributed by atoms with Crippen LogP contribution in [0.5, 0.6) is 0 Å². The smallest absolute Gasteiger partial charge is 0.266 e. The normalized spacial score (nSPS) is 20.0. The fourth-order valence-corrected chi connectivity index (χ4v) is 4.15. The van der Waals surface area contributed by atoms with Crippen LogP contribution in [0.15, 0.2) is 53.6 Å². The molecule has 0 radical (unpaired) electrons. The molecule has 1 unspecified atom stereocenters. The maximum atomic E-state index is 13.1. The lowest BCUT2D eigenvalue weighted by atomic mass is 9.94. The molecule has 152 valence electrons. The highest BCUT2D eigenvalue weighted by molar-refractivity contribution is 5.97. The standard InChI is InChI=1S/C21H19N5O4/c27-20-12-25(22-10-13-4-3-5-14(8-13)26(29)30)21(28)19-9-16-15-6-1-2-7-17(15)23-18(16)11-24(19)20/h1-8,10,19,23,26,29H,9,11-12H2/b22-10+/t19-/m1/s1. The van der Waals surface area contributed by atoms with Gasteiger partial charge in [-0.2, -0.15) is 10.3 Å². The number of para-hydroxylation sites is 1. The van der Waals surface area contributed by atoms with Crippen molar-refractivity contribution in [3.8, 4) is 0 Å². The van der Waals surface area contributed by atoms with Crippen LogP contribution in [0.4, 0.5) is 5.69 Å². The number of carbonyl (C=O) groups excluding carboxylic acids is 2. The molecule has 3 N–H and O–H groups in total. The Hall–Kier alpha value is -3.53. The number of hydrazone groups is 1. The molecule has 3 aromatic rings. The molecule has 1 aromatic heterocycles. The molecule has 9 nitrogen and oxygen atoms in total. The van der Waals surface area contributed by atoms with E-state index < -0.39 is 11.3 Å². The van der Waals surface area contributed by atoms with E-state index in [-0.39, 0.29) is 24.0 Å². The Kier molecular flexibility index (Phi) is 4.35. The van der Waals surface area contributed by atoms with E-state index in [9.17, 15) is 14.8 Å². The van der Waals surface area contributed by atoms with Crippen LogP contribution in [0.25, 0.3) is 10.9 Å². The highest BCUT2D eigenvalue weighted by Crippen LogP contribution is 2.32. The van der Waals surface area contributed by atoms with Gasteiger partial charge in [0.15, 0.2) is 5.69 Å². The second-order valence-corrected chi connectivity index (χ2v) is 7.44. The summed E-state index contributed by atoms with van der Waals surface area (Å²) in [6.07, 6.45) is 1.84. The molecule has 1 fully saturated rings. The van der Waals surface area contributed by atoms with E-state index in [4.69, 9.17) is 5.21 Å². The van der Waals surface area contributed by atoms with Gasteiger partial charge in [0.1, 0.15) is 12.6 Å². The van der Waals surface area contributed by atoms with Crippen LogP contribution in [0.2, 0.25) is 0 Å². The van der Waals surface area contributed by atoms with Crippen molar-refractivity contribution in [3.05, 3.63) is 70.6 Å². The highest BCUT2D eigenvalue weighted by atomic mass is 16.8. The summed E-state index contributed by atoms with van der Waals surface area (Å²) in [7, 11) is 0. The van der Waals surface area contributed by atoms with E-state index in [0.29, 0.717) is 18.5 Å². The van der Waals surface area contributed by atoms with Gasteiger partial charge in [-0.25, -0.2) is 10.2 Å². The highest BCUT2D eigenvalue weighted by Gasteiger charge is 2.43. The number of aromatic amines is 1.